The Bertz CT molecular complexity index is 3030. The van der Waals surface area contributed by atoms with Crippen molar-refractivity contribution >= 4 is 21.5 Å². The van der Waals surface area contributed by atoms with Gasteiger partial charge < -0.3 is 10.2 Å². The Balaban J connectivity index is 1.00. The minimum Gasteiger partial charge on any atom is -0.508 e. The van der Waals surface area contributed by atoms with E-state index in [1.165, 1.54) is 11.1 Å². The zero-order chi connectivity index (χ0) is 40.0. The molecule has 0 fully saturated rings. The Morgan fingerprint density at radius 1 is 0.317 bits per heavy atom. The lowest BCUT2D eigenvalue weighted by Crippen LogP contribution is -2.28. The van der Waals surface area contributed by atoms with Crippen LogP contribution >= 0.6 is 0 Å². The van der Waals surface area contributed by atoms with E-state index >= 15 is 0 Å². The fraction of sp³-hybridized carbons (Fsp3) is 0.0357. The molecule has 12 rings (SSSR count). The van der Waals surface area contributed by atoms with E-state index in [4.69, 9.17) is 9.97 Å². The molecule has 2 atom stereocenters. The van der Waals surface area contributed by atoms with Gasteiger partial charge in [0.1, 0.15) is 11.5 Å². The molecule has 0 saturated carbocycles. The van der Waals surface area contributed by atoms with Crippen LogP contribution in [0.4, 0.5) is 0 Å². The summed E-state index contributed by atoms with van der Waals surface area (Å²) in [5.41, 5.74) is 14.7. The van der Waals surface area contributed by atoms with Crippen LogP contribution in [0.3, 0.4) is 0 Å². The maximum Gasteiger partial charge on any atom is 0.116 e. The number of hydrogen-bond acceptors (Lipinski definition) is 4. The van der Waals surface area contributed by atoms with Gasteiger partial charge in [-0.2, -0.15) is 0 Å². The standard InChI is InChI=1S/C56H36N2O2/c59-45-27-19-37-31-43(25-17-39(37)33-45)55(49-9-3-1-7-47(49)53-51(55)11-5-29-57-53)41-21-13-35(14-22-41)36-15-23-42(24-16-36)56(44-26-18-40-34-46(60)28-20-38(40)32-44)50-10-4-2-8-48(50)54-52(56)12-6-30-58-54/h1-34,59-60H. The average Bonchev–Trinajstić information content (AvgIpc) is 3.78. The summed E-state index contributed by atoms with van der Waals surface area (Å²) in [6.45, 7) is 0. The van der Waals surface area contributed by atoms with Gasteiger partial charge in [-0.3, -0.25) is 9.97 Å². The minimum absolute atomic E-state index is 0.259. The molecule has 282 valence electrons. The summed E-state index contributed by atoms with van der Waals surface area (Å²) in [6.07, 6.45) is 3.77. The first-order valence-electron chi connectivity index (χ1n) is 20.3. The van der Waals surface area contributed by atoms with Crippen molar-refractivity contribution in [3.8, 4) is 45.1 Å². The zero-order valence-electron chi connectivity index (χ0n) is 32.4. The smallest absolute Gasteiger partial charge is 0.116 e. The number of aromatic hydroxyl groups is 2. The van der Waals surface area contributed by atoms with Gasteiger partial charge in [-0.25, -0.2) is 0 Å². The van der Waals surface area contributed by atoms with Crippen LogP contribution in [-0.4, -0.2) is 20.2 Å². The van der Waals surface area contributed by atoms with Crippen molar-refractivity contribution in [2.45, 2.75) is 10.8 Å². The quantitative estimate of drug-likeness (QED) is 0.183. The van der Waals surface area contributed by atoms with Gasteiger partial charge in [0.2, 0.25) is 0 Å². The van der Waals surface area contributed by atoms with Crippen molar-refractivity contribution in [1.82, 2.24) is 9.97 Å². The van der Waals surface area contributed by atoms with E-state index in [2.05, 4.69) is 146 Å². The molecule has 4 nitrogen and oxygen atoms in total. The molecule has 0 radical (unpaired) electrons. The fourth-order valence-electron chi connectivity index (χ4n) is 10.5. The van der Waals surface area contributed by atoms with Gasteiger partial charge in [0, 0.05) is 23.5 Å². The van der Waals surface area contributed by atoms with Gasteiger partial charge in [-0.05, 0) is 126 Å². The van der Waals surface area contributed by atoms with Crippen molar-refractivity contribution in [3.63, 3.8) is 0 Å². The fourth-order valence-corrected chi connectivity index (χ4v) is 10.5. The highest BCUT2D eigenvalue weighted by atomic mass is 16.3. The molecule has 0 amide bonds. The molecule has 8 aromatic carbocycles. The van der Waals surface area contributed by atoms with Crippen LogP contribution < -0.4 is 0 Å². The molecule has 0 bridgehead atoms. The van der Waals surface area contributed by atoms with Crippen LogP contribution in [0.15, 0.2) is 207 Å². The number of hydrogen-bond donors (Lipinski definition) is 2. The predicted octanol–water partition coefficient (Wildman–Crippen LogP) is 12.6. The maximum atomic E-state index is 10.3. The molecule has 0 saturated heterocycles. The normalized spacial score (nSPS) is 17.3. The Labute approximate surface area is 347 Å². The Morgan fingerprint density at radius 2 is 0.683 bits per heavy atom. The number of nitrogens with zero attached hydrogens (tertiary/aromatic N) is 2. The molecule has 2 heterocycles. The van der Waals surface area contributed by atoms with Crippen molar-refractivity contribution in [2.75, 3.05) is 0 Å². The van der Waals surface area contributed by atoms with E-state index in [-0.39, 0.29) is 11.5 Å². The van der Waals surface area contributed by atoms with E-state index in [0.29, 0.717) is 0 Å². The second kappa shape index (κ2) is 12.8. The number of pyridine rings is 2. The summed E-state index contributed by atoms with van der Waals surface area (Å²) in [5, 5.41) is 24.6. The second-order valence-corrected chi connectivity index (χ2v) is 16.0. The van der Waals surface area contributed by atoms with Gasteiger partial charge in [0.15, 0.2) is 0 Å². The molecule has 4 heteroatoms. The number of rotatable bonds is 5. The molecule has 2 aliphatic carbocycles. The average molecular weight is 769 g/mol. The molecule has 0 aliphatic heterocycles. The van der Waals surface area contributed by atoms with E-state index in [1.807, 2.05) is 48.8 Å². The van der Waals surface area contributed by atoms with Gasteiger partial charge in [-0.15, -0.1) is 0 Å². The molecular formula is C56H36N2O2. The first kappa shape index (κ1) is 34.2. The van der Waals surface area contributed by atoms with Crippen LogP contribution in [-0.2, 0) is 10.8 Å². The first-order chi connectivity index (χ1) is 29.5. The Morgan fingerprint density at radius 3 is 1.13 bits per heavy atom. The first-order valence-corrected chi connectivity index (χ1v) is 20.3. The number of benzene rings is 8. The zero-order valence-corrected chi connectivity index (χ0v) is 32.4. The molecule has 2 unspecified atom stereocenters. The summed E-state index contributed by atoms with van der Waals surface area (Å²) in [4.78, 5) is 9.91. The van der Waals surface area contributed by atoms with Crippen molar-refractivity contribution in [3.05, 3.63) is 251 Å². The Kier molecular flexibility index (Phi) is 7.33. The third-order valence-corrected chi connectivity index (χ3v) is 13.1. The highest BCUT2D eigenvalue weighted by Crippen LogP contribution is 2.57. The molecule has 60 heavy (non-hydrogen) atoms. The molecule has 0 spiro atoms. The van der Waals surface area contributed by atoms with Crippen LogP contribution in [0.25, 0.3) is 55.2 Å². The maximum absolute atomic E-state index is 10.3. The van der Waals surface area contributed by atoms with Crippen LogP contribution in [0.5, 0.6) is 11.5 Å². The summed E-state index contributed by atoms with van der Waals surface area (Å²) >= 11 is 0. The Hall–Kier alpha value is -7.82. The van der Waals surface area contributed by atoms with Crippen molar-refractivity contribution in [2.24, 2.45) is 0 Å². The highest BCUT2D eigenvalue weighted by Gasteiger charge is 2.48. The highest BCUT2D eigenvalue weighted by molar-refractivity contribution is 5.91. The van der Waals surface area contributed by atoms with Crippen LogP contribution in [0, 0.1) is 0 Å². The van der Waals surface area contributed by atoms with Crippen LogP contribution in [0.1, 0.15) is 44.5 Å². The topological polar surface area (TPSA) is 66.2 Å². The minimum atomic E-state index is -0.600. The van der Waals surface area contributed by atoms with Gasteiger partial charge in [0.05, 0.1) is 22.2 Å². The lowest BCUT2D eigenvalue weighted by Gasteiger charge is -2.34. The number of fused-ring (bicyclic) bond motifs is 8. The van der Waals surface area contributed by atoms with E-state index in [1.54, 1.807) is 12.1 Å². The monoisotopic (exact) mass is 768 g/mol. The number of phenols is 2. The number of phenolic OH excluding ortho intramolecular Hbond substituents is 2. The number of aromatic nitrogens is 2. The SMILES string of the molecule is Oc1ccc2cc(C3(c4ccc(-c5ccc(C6(c7ccc8cc(O)ccc8c7)c7ccccc7-c7ncccc76)cc5)cc4)c4ccccc4-c4ncccc43)ccc2c1. The third kappa shape index (κ3) is 4.73. The molecular weight excluding hydrogens is 733 g/mol. The summed E-state index contributed by atoms with van der Waals surface area (Å²) in [5.74, 6) is 0.518. The lowest BCUT2D eigenvalue weighted by atomic mass is 9.67. The molecule has 2 aromatic heterocycles. The van der Waals surface area contributed by atoms with E-state index in [9.17, 15) is 10.2 Å². The van der Waals surface area contributed by atoms with E-state index in [0.717, 1.165) is 88.6 Å². The summed E-state index contributed by atoms with van der Waals surface area (Å²) in [6, 6.07) is 68.3. The van der Waals surface area contributed by atoms with Crippen molar-refractivity contribution < 1.29 is 10.2 Å². The lowest BCUT2D eigenvalue weighted by molar-refractivity contribution is 0.475. The van der Waals surface area contributed by atoms with Gasteiger partial charge in [-0.1, -0.05) is 146 Å². The summed E-state index contributed by atoms with van der Waals surface area (Å²) < 4.78 is 0. The molecule has 2 N–H and O–H groups in total. The second-order valence-electron chi connectivity index (χ2n) is 16.0. The third-order valence-electron chi connectivity index (χ3n) is 13.1. The van der Waals surface area contributed by atoms with Crippen molar-refractivity contribution in [1.29, 1.82) is 0 Å². The molecule has 10 aromatic rings. The van der Waals surface area contributed by atoms with Gasteiger partial charge in [0.25, 0.3) is 0 Å². The van der Waals surface area contributed by atoms with E-state index < -0.39 is 10.8 Å². The summed E-state index contributed by atoms with van der Waals surface area (Å²) in [7, 11) is 0. The predicted molar refractivity (Wildman–Crippen MR) is 240 cm³/mol. The molecule has 2 aliphatic rings. The largest absolute Gasteiger partial charge is 0.508 e. The van der Waals surface area contributed by atoms with Crippen LogP contribution in [0.2, 0.25) is 0 Å². The van der Waals surface area contributed by atoms with Gasteiger partial charge >= 0.3 is 0 Å².